The molecule has 6 heteroatoms. The Labute approximate surface area is 120 Å². The zero-order chi connectivity index (χ0) is 15.3. The predicted molar refractivity (Wildman–Crippen MR) is 69.3 cm³/mol. The third kappa shape index (κ3) is 2.31. The third-order valence-electron chi connectivity index (χ3n) is 4.57. The Hall–Kier alpha value is -1.56. The SMILES string of the molecule is COC(=O)C12CC(NCc3cccc(C(F)(F)F)c3)(C1)C2. The van der Waals surface area contributed by atoms with E-state index in [1.807, 2.05) is 0 Å². The number of nitrogens with one attached hydrogen (secondary N) is 1. The highest BCUT2D eigenvalue weighted by Crippen LogP contribution is 2.67. The first-order chi connectivity index (χ1) is 9.79. The lowest BCUT2D eigenvalue weighted by Gasteiger charge is -2.68. The van der Waals surface area contributed by atoms with Gasteiger partial charge in [0.15, 0.2) is 0 Å². The molecule has 0 heterocycles. The first-order valence-corrected chi connectivity index (χ1v) is 6.78. The summed E-state index contributed by atoms with van der Waals surface area (Å²) in [4.78, 5) is 11.6. The van der Waals surface area contributed by atoms with E-state index in [0.29, 0.717) is 31.4 Å². The van der Waals surface area contributed by atoms with Crippen molar-refractivity contribution in [2.75, 3.05) is 7.11 Å². The van der Waals surface area contributed by atoms with Gasteiger partial charge in [0.1, 0.15) is 0 Å². The minimum atomic E-state index is -4.32. The van der Waals surface area contributed by atoms with Crippen LogP contribution in [0.2, 0.25) is 0 Å². The largest absolute Gasteiger partial charge is 0.469 e. The Kier molecular flexibility index (Phi) is 3.06. The molecule has 3 aliphatic carbocycles. The maximum atomic E-state index is 12.6. The number of benzene rings is 1. The van der Waals surface area contributed by atoms with Gasteiger partial charge in [0, 0.05) is 12.1 Å². The molecule has 3 nitrogen and oxygen atoms in total. The van der Waals surface area contributed by atoms with E-state index in [2.05, 4.69) is 5.32 Å². The van der Waals surface area contributed by atoms with Gasteiger partial charge in [0.25, 0.3) is 0 Å². The van der Waals surface area contributed by atoms with Crippen LogP contribution in [0.5, 0.6) is 0 Å². The molecule has 1 aromatic carbocycles. The van der Waals surface area contributed by atoms with Gasteiger partial charge in [-0.15, -0.1) is 0 Å². The summed E-state index contributed by atoms with van der Waals surface area (Å²) in [5.74, 6) is -0.176. The van der Waals surface area contributed by atoms with Gasteiger partial charge in [-0.3, -0.25) is 4.79 Å². The zero-order valence-corrected chi connectivity index (χ0v) is 11.6. The summed E-state index contributed by atoms with van der Waals surface area (Å²) in [6, 6.07) is 5.31. The Morgan fingerprint density at radius 1 is 1.33 bits per heavy atom. The summed E-state index contributed by atoms with van der Waals surface area (Å²) in [5, 5.41) is 3.29. The van der Waals surface area contributed by atoms with Crippen molar-refractivity contribution < 1.29 is 22.7 Å². The van der Waals surface area contributed by atoms with Crippen LogP contribution in [0.25, 0.3) is 0 Å². The fraction of sp³-hybridized carbons (Fsp3) is 0.533. The monoisotopic (exact) mass is 299 g/mol. The second-order valence-corrected chi connectivity index (χ2v) is 6.13. The number of ether oxygens (including phenoxy) is 1. The van der Waals surface area contributed by atoms with Crippen LogP contribution in [0.3, 0.4) is 0 Å². The maximum Gasteiger partial charge on any atom is 0.416 e. The molecule has 2 bridgehead atoms. The molecule has 1 N–H and O–H groups in total. The molecule has 0 unspecified atom stereocenters. The Morgan fingerprint density at radius 2 is 2.00 bits per heavy atom. The topological polar surface area (TPSA) is 38.3 Å². The van der Waals surface area contributed by atoms with E-state index in [0.717, 1.165) is 12.1 Å². The predicted octanol–water partition coefficient (Wildman–Crippen LogP) is 2.89. The van der Waals surface area contributed by atoms with E-state index in [1.165, 1.54) is 13.2 Å². The van der Waals surface area contributed by atoms with Crippen molar-refractivity contribution in [3.63, 3.8) is 0 Å². The lowest BCUT2D eigenvalue weighted by Crippen LogP contribution is -2.76. The number of esters is 1. The number of hydrogen-bond acceptors (Lipinski definition) is 3. The lowest BCUT2D eigenvalue weighted by atomic mass is 9.39. The van der Waals surface area contributed by atoms with Gasteiger partial charge in [-0.2, -0.15) is 13.2 Å². The van der Waals surface area contributed by atoms with Gasteiger partial charge in [0.2, 0.25) is 0 Å². The van der Waals surface area contributed by atoms with E-state index in [-0.39, 0.29) is 16.9 Å². The average molecular weight is 299 g/mol. The van der Waals surface area contributed by atoms with E-state index in [9.17, 15) is 18.0 Å². The van der Waals surface area contributed by atoms with Gasteiger partial charge >= 0.3 is 12.1 Å². The van der Waals surface area contributed by atoms with Crippen molar-refractivity contribution in [1.29, 1.82) is 0 Å². The molecular weight excluding hydrogens is 283 g/mol. The van der Waals surface area contributed by atoms with Crippen LogP contribution in [-0.2, 0) is 22.3 Å². The first-order valence-electron chi connectivity index (χ1n) is 6.78. The molecule has 21 heavy (non-hydrogen) atoms. The van der Waals surface area contributed by atoms with Gasteiger partial charge < -0.3 is 10.1 Å². The number of alkyl halides is 3. The van der Waals surface area contributed by atoms with Crippen LogP contribution in [0, 0.1) is 5.41 Å². The highest BCUT2D eigenvalue weighted by molar-refractivity contribution is 5.82. The number of methoxy groups -OCH3 is 1. The number of halogens is 3. The summed E-state index contributed by atoms with van der Waals surface area (Å²) >= 11 is 0. The zero-order valence-electron chi connectivity index (χ0n) is 11.6. The Morgan fingerprint density at radius 3 is 2.57 bits per heavy atom. The second-order valence-electron chi connectivity index (χ2n) is 6.13. The molecule has 0 amide bonds. The molecule has 1 aromatic rings. The van der Waals surface area contributed by atoms with E-state index >= 15 is 0 Å². The van der Waals surface area contributed by atoms with E-state index < -0.39 is 11.7 Å². The van der Waals surface area contributed by atoms with Crippen molar-refractivity contribution in [2.24, 2.45) is 5.41 Å². The highest BCUT2D eigenvalue weighted by atomic mass is 19.4. The van der Waals surface area contributed by atoms with E-state index in [4.69, 9.17) is 4.74 Å². The fourth-order valence-electron chi connectivity index (χ4n) is 3.56. The molecule has 114 valence electrons. The maximum absolute atomic E-state index is 12.6. The van der Waals surface area contributed by atoms with Crippen LogP contribution in [-0.4, -0.2) is 18.6 Å². The average Bonchev–Trinajstić information content (AvgIpc) is 2.34. The molecule has 0 saturated heterocycles. The van der Waals surface area contributed by atoms with Crippen LogP contribution < -0.4 is 5.32 Å². The van der Waals surface area contributed by atoms with Crippen molar-refractivity contribution in [2.45, 2.75) is 37.5 Å². The number of hydrogen-bond donors (Lipinski definition) is 1. The van der Waals surface area contributed by atoms with Crippen molar-refractivity contribution in [1.82, 2.24) is 5.32 Å². The smallest absolute Gasteiger partial charge is 0.416 e. The number of rotatable bonds is 4. The second kappa shape index (κ2) is 4.47. The van der Waals surface area contributed by atoms with Crippen LogP contribution in [0.4, 0.5) is 13.2 Å². The molecular formula is C15H16F3NO2. The first kappa shape index (κ1) is 14.4. The summed E-state index contributed by atoms with van der Waals surface area (Å²) in [6.45, 7) is 0.376. The highest BCUT2D eigenvalue weighted by Gasteiger charge is 2.72. The molecule has 0 spiro atoms. The summed E-state index contributed by atoms with van der Waals surface area (Å²) in [5.41, 5.74) is -0.468. The number of carbonyl (C=O) groups excluding carboxylic acids is 1. The molecule has 3 saturated carbocycles. The summed E-state index contributed by atoms with van der Waals surface area (Å²) in [6.07, 6.45) is -2.18. The molecule has 0 radical (unpaired) electrons. The molecule has 3 fully saturated rings. The van der Waals surface area contributed by atoms with Crippen molar-refractivity contribution >= 4 is 5.97 Å². The van der Waals surface area contributed by atoms with Crippen LogP contribution in [0.1, 0.15) is 30.4 Å². The normalized spacial score (nSPS) is 30.3. The van der Waals surface area contributed by atoms with Gasteiger partial charge in [-0.1, -0.05) is 18.2 Å². The van der Waals surface area contributed by atoms with Crippen LogP contribution in [0.15, 0.2) is 24.3 Å². The van der Waals surface area contributed by atoms with E-state index in [1.54, 1.807) is 6.07 Å². The molecule has 0 aromatic heterocycles. The molecule has 0 aliphatic heterocycles. The van der Waals surface area contributed by atoms with Gasteiger partial charge in [-0.05, 0) is 30.9 Å². The summed E-state index contributed by atoms with van der Waals surface area (Å²) < 4.78 is 42.7. The van der Waals surface area contributed by atoms with Crippen LogP contribution >= 0.6 is 0 Å². The number of carbonyl (C=O) groups is 1. The molecule has 3 aliphatic rings. The molecule has 0 atom stereocenters. The van der Waals surface area contributed by atoms with Gasteiger partial charge in [-0.25, -0.2) is 0 Å². The third-order valence-corrected chi connectivity index (χ3v) is 4.57. The quantitative estimate of drug-likeness (QED) is 0.869. The lowest BCUT2D eigenvalue weighted by molar-refractivity contribution is -0.202. The minimum absolute atomic E-state index is 0.0948. The Bertz CT molecular complexity index is 563. The Balaban J connectivity index is 1.58. The minimum Gasteiger partial charge on any atom is -0.469 e. The van der Waals surface area contributed by atoms with Gasteiger partial charge in [0.05, 0.1) is 18.1 Å². The summed E-state index contributed by atoms with van der Waals surface area (Å²) in [7, 11) is 1.38. The molecule has 4 rings (SSSR count). The fourth-order valence-corrected chi connectivity index (χ4v) is 3.56. The van der Waals surface area contributed by atoms with Crippen molar-refractivity contribution in [3.8, 4) is 0 Å². The van der Waals surface area contributed by atoms with Crippen molar-refractivity contribution in [3.05, 3.63) is 35.4 Å². The standard InChI is InChI=1S/C15H16F3NO2/c1-21-12(20)13-7-14(8-13,9-13)19-6-10-3-2-4-11(5-10)15(16,17)18/h2-5,19H,6-9H2,1H3.